The van der Waals surface area contributed by atoms with Gasteiger partial charge in [0, 0.05) is 5.39 Å². The van der Waals surface area contributed by atoms with Crippen molar-refractivity contribution in [3.8, 4) is 0 Å². The highest BCUT2D eigenvalue weighted by molar-refractivity contribution is 7.99. The molecule has 0 spiro atoms. The van der Waals surface area contributed by atoms with Crippen LogP contribution < -0.4 is 4.84 Å². The molecular weight excluding hydrogens is 240 g/mol. The van der Waals surface area contributed by atoms with Gasteiger partial charge in [0.15, 0.2) is 0 Å². The summed E-state index contributed by atoms with van der Waals surface area (Å²) >= 11 is 1.11. The molecule has 0 bridgehead atoms. The lowest BCUT2D eigenvalue weighted by molar-refractivity contribution is -0.145. The molecule has 0 aliphatic carbocycles. The highest BCUT2D eigenvalue weighted by atomic mass is 32.2. The van der Waals surface area contributed by atoms with E-state index in [2.05, 4.69) is 5.10 Å². The summed E-state index contributed by atoms with van der Waals surface area (Å²) < 4.78 is 0. The van der Waals surface area contributed by atoms with E-state index in [1.54, 1.807) is 6.26 Å². The van der Waals surface area contributed by atoms with Crippen LogP contribution in [0.2, 0.25) is 0 Å². The number of thioether (sulfide) groups is 1. The lowest BCUT2D eigenvalue weighted by Crippen LogP contribution is -2.30. The van der Waals surface area contributed by atoms with Crippen LogP contribution in [0.5, 0.6) is 0 Å². The molecular formula is C11H12N2O3S. The normalized spacial score (nSPS) is 12.6. The molecule has 0 amide bonds. The number of rotatable bonds is 4. The van der Waals surface area contributed by atoms with Gasteiger partial charge in [-0.05, 0) is 19.2 Å². The molecule has 1 N–H and O–H groups in total. The van der Waals surface area contributed by atoms with Gasteiger partial charge in [-0.3, -0.25) is 0 Å². The summed E-state index contributed by atoms with van der Waals surface area (Å²) in [6, 6.07) is 7.53. The number of hydrogen-bond acceptors (Lipinski definition) is 4. The number of carbonyl (C=O) groups is 1. The van der Waals surface area contributed by atoms with Gasteiger partial charge in [0.1, 0.15) is 5.52 Å². The van der Waals surface area contributed by atoms with Crippen LogP contribution in [-0.2, 0) is 4.79 Å². The maximum absolute atomic E-state index is 10.9. The maximum Gasteiger partial charge on any atom is 0.358 e. The van der Waals surface area contributed by atoms with Crippen molar-refractivity contribution in [2.75, 3.05) is 6.26 Å². The van der Waals surface area contributed by atoms with Gasteiger partial charge in [-0.25, -0.2) is 4.79 Å². The average molecular weight is 252 g/mol. The minimum Gasteiger partial charge on any atom is -0.478 e. The number of benzene rings is 1. The monoisotopic (exact) mass is 252 g/mol. The van der Waals surface area contributed by atoms with Crippen LogP contribution in [-0.4, -0.2) is 32.7 Å². The Balaban J connectivity index is 2.39. The Hall–Kier alpha value is -1.69. The summed E-state index contributed by atoms with van der Waals surface area (Å²) in [6.07, 6.45) is 1.68. The van der Waals surface area contributed by atoms with Gasteiger partial charge in [0.05, 0.1) is 5.69 Å². The largest absolute Gasteiger partial charge is 0.478 e. The predicted molar refractivity (Wildman–Crippen MR) is 66.0 cm³/mol. The molecule has 2 aromatic rings. The third-order valence-electron chi connectivity index (χ3n) is 2.35. The summed E-state index contributed by atoms with van der Waals surface area (Å²) in [5.41, 5.74) is 0.619. The van der Waals surface area contributed by atoms with Crippen LogP contribution in [0.4, 0.5) is 0 Å². The fraction of sp³-hybridized carbons (Fsp3) is 0.273. The molecule has 1 aromatic heterocycles. The predicted octanol–water partition coefficient (Wildman–Crippen LogP) is 1.55. The molecule has 1 unspecified atom stereocenters. The third kappa shape index (κ3) is 2.21. The number of aromatic nitrogens is 2. The molecule has 0 fully saturated rings. The summed E-state index contributed by atoms with van der Waals surface area (Å²) in [5.74, 6) is -1.02. The van der Waals surface area contributed by atoms with Crippen LogP contribution in [0.25, 0.3) is 10.9 Å². The number of nitrogens with zero attached hydrogens (tertiary/aromatic N) is 2. The van der Waals surface area contributed by atoms with Crippen LogP contribution in [0.1, 0.15) is 5.69 Å². The number of fused-ring (bicyclic) bond motifs is 1. The topological polar surface area (TPSA) is 64.4 Å². The lowest BCUT2D eigenvalue weighted by Gasteiger charge is -2.11. The number of aliphatic carboxylic acids is 1. The minimum absolute atomic E-state index is 0.769. The Morgan fingerprint density at radius 2 is 2.24 bits per heavy atom. The second-order valence-electron chi connectivity index (χ2n) is 3.49. The van der Waals surface area contributed by atoms with E-state index in [-0.39, 0.29) is 0 Å². The third-order valence-corrected chi connectivity index (χ3v) is 3.07. The Morgan fingerprint density at radius 3 is 2.88 bits per heavy atom. The summed E-state index contributed by atoms with van der Waals surface area (Å²) in [6.45, 7) is 1.86. The molecule has 2 rings (SSSR count). The molecule has 1 atom stereocenters. The van der Waals surface area contributed by atoms with Crippen molar-refractivity contribution in [1.82, 2.24) is 9.94 Å². The van der Waals surface area contributed by atoms with Gasteiger partial charge >= 0.3 is 5.97 Å². The van der Waals surface area contributed by atoms with Crippen molar-refractivity contribution in [3.63, 3.8) is 0 Å². The van der Waals surface area contributed by atoms with Crippen molar-refractivity contribution < 1.29 is 14.7 Å². The second kappa shape index (κ2) is 4.67. The van der Waals surface area contributed by atoms with E-state index in [0.717, 1.165) is 28.4 Å². The first-order valence-electron chi connectivity index (χ1n) is 5.00. The molecule has 1 heterocycles. The van der Waals surface area contributed by atoms with Gasteiger partial charge < -0.3 is 9.94 Å². The molecule has 90 valence electrons. The first kappa shape index (κ1) is 11.8. The smallest absolute Gasteiger partial charge is 0.358 e. The van der Waals surface area contributed by atoms with E-state index in [1.165, 1.54) is 4.85 Å². The molecule has 0 saturated carbocycles. The molecule has 0 aliphatic rings. The van der Waals surface area contributed by atoms with Crippen molar-refractivity contribution in [2.45, 2.75) is 12.4 Å². The lowest BCUT2D eigenvalue weighted by atomic mass is 10.2. The number of carboxylic acid groups (broad SMARTS) is 1. The van der Waals surface area contributed by atoms with Crippen LogP contribution in [0.3, 0.4) is 0 Å². The standard InChI is InChI=1S/C11H12N2O3S/c1-7-8-5-3-4-6-9(8)13(12-7)16-11(17-2)10(14)15/h3-6,11H,1-2H3,(H,14,15). The van der Waals surface area contributed by atoms with E-state index in [1.807, 2.05) is 31.2 Å². The number of para-hydroxylation sites is 1. The van der Waals surface area contributed by atoms with Crippen LogP contribution >= 0.6 is 11.8 Å². The zero-order chi connectivity index (χ0) is 12.4. The van der Waals surface area contributed by atoms with E-state index in [9.17, 15) is 4.79 Å². The molecule has 1 aromatic carbocycles. The highest BCUT2D eigenvalue weighted by Crippen LogP contribution is 2.17. The van der Waals surface area contributed by atoms with Crippen LogP contribution in [0.15, 0.2) is 24.3 Å². The summed E-state index contributed by atoms with van der Waals surface area (Å²) in [5, 5.41) is 14.1. The number of carboxylic acids is 1. The molecule has 5 nitrogen and oxygen atoms in total. The average Bonchev–Trinajstić information content (AvgIpc) is 2.63. The zero-order valence-corrected chi connectivity index (χ0v) is 10.3. The SMILES string of the molecule is CSC(On1nc(C)c2ccccc21)C(=O)O. The van der Waals surface area contributed by atoms with E-state index in [4.69, 9.17) is 9.94 Å². The molecule has 0 aliphatic heterocycles. The minimum atomic E-state index is -1.02. The van der Waals surface area contributed by atoms with Gasteiger partial charge in [-0.1, -0.05) is 23.0 Å². The molecule has 6 heteroatoms. The maximum atomic E-state index is 10.9. The molecule has 17 heavy (non-hydrogen) atoms. The Kier molecular flexibility index (Phi) is 3.23. The Bertz CT molecular complexity index is 553. The van der Waals surface area contributed by atoms with Crippen molar-refractivity contribution >= 4 is 28.6 Å². The number of hydrogen-bond donors (Lipinski definition) is 1. The first-order valence-corrected chi connectivity index (χ1v) is 6.29. The fourth-order valence-electron chi connectivity index (χ4n) is 1.55. The van der Waals surface area contributed by atoms with E-state index < -0.39 is 11.4 Å². The first-order chi connectivity index (χ1) is 8.13. The quantitative estimate of drug-likeness (QED) is 0.836. The summed E-state index contributed by atoms with van der Waals surface area (Å²) in [4.78, 5) is 17.5. The Morgan fingerprint density at radius 1 is 1.53 bits per heavy atom. The molecule has 0 radical (unpaired) electrons. The Labute approximate surface area is 102 Å². The number of aryl methyl sites for hydroxylation is 1. The fourth-order valence-corrected chi connectivity index (χ4v) is 1.92. The van der Waals surface area contributed by atoms with Gasteiger partial charge in [-0.2, -0.15) is 0 Å². The van der Waals surface area contributed by atoms with Crippen molar-refractivity contribution in [3.05, 3.63) is 30.0 Å². The zero-order valence-electron chi connectivity index (χ0n) is 9.45. The van der Waals surface area contributed by atoms with Gasteiger partial charge in [0.2, 0.25) is 0 Å². The van der Waals surface area contributed by atoms with Crippen LogP contribution in [0, 0.1) is 6.92 Å². The molecule has 0 saturated heterocycles. The van der Waals surface area contributed by atoms with Crippen molar-refractivity contribution in [1.29, 1.82) is 0 Å². The van der Waals surface area contributed by atoms with Gasteiger partial charge in [-0.15, -0.1) is 16.9 Å². The summed E-state index contributed by atoms with van der Waals surface area (Å²) in [7, 11) is 0. The van der Waals surface area contributed by atoms with E-state index >= 15 is 0 Å². The second-order valence-corrected chi connectivity index (χ2v) is 4.39. The highest BCUT2D eigenvalue weighted by Gasteiger charge is 2.20. The van der Waals surface area contributed by atoms with Gasteiger partial charge in [0.25, 0.3) is 5.44 Å². The van der Waals surface area contributed by atoms with E-state index in [0.29, 0.717) is 0 Å². The van der Waals surface area contributed by atoms with Crippen molar-refractivity contribution in [2.24, 2.45) is 0 Å².